The Balaban J connectivity index is 2.76. The van der Waals surface area contributed by atoms with E-state index in [2.05, 4.69) is 11.7 Å². The number of hydrogen-bond donors (Lipinski definition) is 0. The maximum Gasteiger partial charge on any atom is 0.348 e. The molecule has 0 unspecified atom stereocenters. The van der Waals surface area contributed by atoms with E-state index in [4.69, 9.17) is 11.6 Å². The van der Waals surface area contributed by atoms with Crippen molar-refractivity contribution in [3.05, 3.63) is 20.8 Å². The predicted molar refractivity (Wildman–Crippen MR) is 59.3 cm³/mol. The van der Waals surface area contributed by atoms with Gasteiger partial charge < -0.3 is 4.74 Å². The van der Waals surface area contributed by atoms with Crippen LogP contribution >= 0.6 is 22.9 Å². The van der Waals surface area contributed by atoms with E-state index in [1.54, 1.807) is 6.07 Å². The summed E-state index contributed by atoms with van der Waals surface area (Å²) in [6.45, 7) is 2.13. The van der Waals surface area contributed by atoms with Crippen LogP contribution in [-0.4, -0.2) is 13.1 Å². The van der Waals surface area contributed by atoms with Gasteiger partial charge in [0, 0.05) is 4.88 Å². The van der Waals surface area contributed by atoms with Gasteiger partial charge in [-0.15, -0.1) is 11.3 Å². The Morgan fingerprint density at radius 1 is 1.64 bits per heavy atom. The van der Waals surface area contributed by atoms with E-state index in [1.165, 1.54) is 18.4 Å². The van der Waals surface area contributed by atoms with Gasteiger partial charge in [0.1, 0.15) is 4.88 Å². The molecule has 0 N–H and O–H groups in total. The highest BCUT2D eigenvalue weighted by molar-refractivity contribution is 7.14. The van der Waals surface area contributed by atoms with Crippen molar-refractivity contribution in [1.29, 1.82) is 0 Å². The number of thiophene rings is 1. The third-order valence-electron chi connectivity index (χ3n) is 1.90. The van der Waals surface area contributed by atoms with Gasteiger partial charge in [0.05, 0.1) is 12.1 Å². The summed E-state index contributed by atoms with van der Waals surface area (Å²) in [6, 6.07) is 1.68. The molecule has 4 heteroatoms. The lowest BCUT2D eigenvalue weighted by atomic mass is 10.2. The van der Waals surface area contributed by atoms with E-state index in [0.29, 0.717) is 9.90 Å². The Hall–Kier alpha value is -0.540. The lowest BCUT2D eigenvalue weighted by Crippen LogP contribution is -1.96. The Morgan fingerprint density at radius 2 is 2.36 bits per heavy atom. The van der Waals surface area contributed by atoms with E-state index in [0.717, 1.165) is 24.1 Å². The molecule has 0 radical (unpaired) electrons. The first-order valence-corrected chi connectivity index (χ1v) is 5.75. The van der Waals surface area contributed by atoms with Crippen LogP contribution in [0.5, 0.6) is 0 Å². The minimum Gasteiger partial charge on any atom is -0.465 e. The van der Waals surface area contributed by atoms with E-state index < -0.39 is 0 Å². The van der Waals surface area contributed by atoms with Gasteiger partial charge in [-0.25, -0.2) is 4.79 Å². The molecule has 1 aromatic heterocycles. The summed E-state index contributed by atoms with van der Waals surface area (Å²) in [5.74, 6) is -0.306. The highest BCUT2D eigenvalue weighted by Crippen LogP contribution is 2.28. The van der Waals surface area contributed by atoms with Crippen molar-refractivity contribution in [2.45, 2.75) is 26.2 Å². The number of carbonyl (C=O) groups excluding carboxylic acids is 1. The first-order chi connectivity index (χ1) is 6.69. The molecule has 14 heavy (non-hydrogen) atoms. The highest BCUT2D eigenvalue weighted by Gasteiger charge is 2.13. The van der Waals surface area contributed by atoms with Crippen molar-refractivity contribution in [1.82, 2.24) is 0 Å². The number of methoxy groups -OCH3 is 1. The maximum absolute atomic E-state index is 11.2. The van der Waals surface area contributed by atoms with Gasteiger partial charge >= 0.3 is 5.97 Å². The van der Waals surface area contributed by atoms with Crippen LogP contribution in [0.2, 0.25) is 5.02 Å². The highest BCUT2D eigenvalue weighted by atomic mass is 35.5. The van der Waals surface area contributed by atoms with Crippen molar-refractivity contribution < 1.29 is 9.53 Å². The molecule has 0 spiro atoms. The average molecular weight is 233 g/mol. The van der Waals surface area contributed by atoms with Crippen molar-refractivity contribution in [2.75, 3.05) is 7.11 Å². The second-order valence-electron chi connectivity index (χ2n) is 2.98. The predicted octanol–water partition coefficient (Wildman–Crippen LogP) is 3.53. The zero-order valence-corrected chi connectivity index (χ0v) is 9.87. The number of aryl methyl sites for hydroxylation is 1. The molecule has 78 valence electrons. The van der Waals surface area contributed by atoms with Crippen LogP contribution < -0.4 is 0 Å². The first kappa shape index (κ1) is 11.5. The molecule has 0 bridgehead atoms. The molecule has 0 saturated carbocycles. The molecule has 0 amide bonds. The van der Waals surface area contributed by atoms with E-state index >= 15 is 0 Å². The minimum atomic E-state index is -0.306. The van der Waals surface area contributed by atoms with Crippen molar-refractivity contribution in [3.8, 4) is 0 Å². The SMILES string of the molecule is CCCCc1sc(C(=O)OC)cc1Cl. The summed E-state index contributed by atoms with van der Waals surface area (Å²) < 4.78 is 4.62. The summed E-state index contributed by atoms with van der Waals surface area (Å²) in [5, 5.41) is 0.684. The largest absolute Gasteiger partial charge is 0.465 e. The lowest BCUT2D eigenvalue weighted by molar-refractivity contribution is 0.0606. The summed E-state index contributed by atoms with van der Waals surface area (Å²) in [7, 11) is 1.38. The van der Waals surface area contributed by atoms with Crippen molar-refractivity contribution >= 4 is 28.9 Å². The van der Waals surface area contributed by atoms with Crippen LogP contribution in [0.4, 0.5) is 0 Å². The third-order valence-corrected chi connectivity index (χ3v) is 3.53. The van der Waals surface area contributed by atoms with E-state index in [-0.39, 0.29) is 5.97 Å². The molecule has 2 nitrogen and oxygen atoms in total. The molecule has 0 saturated heterocycles. The molecule has 1 heterocycles. The number of hydrogen-bond acceptors (Lipinski definition) is 3. The molecular formula is C10H13ClO2S. The topological polar surface area (TPSA) is 26.3 Å². The van der Waals surface area contributed by atoms with Crippen molar-refractivity contribution in [2.24, 2.45) is 0 Å². The number of rotatable bonds is 4. The Morgan fingerprint density at radius 3 is 2.93 bits per heavy atom. The minimum absolute atomic E-state index is 0.306. The summed E-state index contributed by atoms with van der Waals surface area (Å²) in [4.78, 5) is 12.8. The van der Waals surface area contributed by atoms with Gasteiger partial charge in [0.15, 0.2) is 0 Å². The summed E-state index contributed by atoms with van der Waals surface area (Å²) >= 11 is 7.41. The number of carbonyl (C=O) groups is 1. The van der Waals surface area contributed by atoms with Gasteiger partial charge in [-0.05, 0) is 18.9 Å². The quantitative estimate of drug-likeness (QED) is 0.743. The van der Waals surface area contributed by atoms with Crippen LogP contribution in [0.3, 0.4) is 0 Å². The third kappa shape index (κ3) is 2.72. The lowest BCUT2D eigenvalue weighted by Gasteiger charge is -1.94. The van der Waals surface area contributed by atoms with Crippen LogP contribution in [0, 0.1) is 0 Å². The van der Waals surface area contributed by atoms with Crippen LogP contribution in [-0.2, 0) is 11.2 Å². The fraction of sp³-hybridized carbons (Fsp3) is 0.500. The fourth-order valence-corrected chi connectivity index (χ4v) is 2.51. The fourth-order valence-electron chi connectivity index (χ4n) is 1.12. The monoisotopic (exact) mass is 232 g/mol. The Bertz CT molecular complexity index is 320. The number of unbranched alkanes of at least 4 members (excludes halogenated alkanes) is 1. The Labute approximate surface area is 92.8 Å². The Kier molecular flexibility index (Phi) is 4.42. The van der Waals surface area contributed by atoms with Gasteiger partial charge in [-0.3, -0.25) is 0 Å². The zero-order valence-electron chi connectivity index (χ0n) is 8.30. The molecule has 0 aliphatic rings. The molecule has 0 aliphatic carbocycles. The number of esters is 1. The van der Waals surface area contributed by atoms with Gasteiger partial charge in [-0.1, -0.05) is 24.9 Å². The van der Waals surface area contributed by atoms with E-state index in [9.17, 15) is 4.79 Å². The second-order valence-corrected chi connectivity index (χ2v) is 4.52. The zero-order chi connectivity index (χ0) is 10.6. The summed E-state index contributed by atoms with van der Waals surface area (Å²) in [5.41, 5.74) is 0. The molecule has 0 aromatic carbocycles. The molecule has 0 aliphatic heterocycles. The first-order valence-electron chi connectivity index (χ1n) is 4.55. The van der Waals surface area contributed by atoms with Crippen LogP contribution in [0.1, 0.15) is 34.3 Å². The summed E-state index contributed by atoms with van der Waals surface area (Å²) in [6.07, 6.45) is 3.17. The van der Waals surface area contributed by atoms with Crippen LogP contribution in [0.15, 0.2) is 6.07 Å². The normalized spacial score (nSPS) is 10.2. The van der Waals surface area contributed by atoms with Gasteiger partial charge in [0.25, 0.3) is 0 Å². The molecular weight excluding hydrogens is 220 g/mol. The smallest absolute Gasteiger partial charge is 0.348 e. The second kappa shape index (κ2) is 5.37. The maximum atomic E-state index is 11.2. The van der Waals surface area contributed by atoms with Gasteiger partial charge in [0.2, 0.25) is 0 Å². The molecule has 1 rings (SSSR count). The van der Waals surface area contributed by atoms with E-state index in [1.807, 2.05) is 0 Å². The average Bonchev–Trinajstić information content (AvgIpc) is 2.56. The number of halogens is 1. The van der Waals surface area contributed by atoms with Gasteiger partial charge in [-0.2, -0.15) is 0 Å². The molecule has 1 aromatic rings. The van der Waals surface area contributed by atoms with Crippen LogP contribution in [0.25, 0.3) is 0 Å². The van der Waals surface area contributed by atoms with Crippen molar-refractivity contribution in [3.63, 3.8) is 0 Å². The standard InChI is InChI=1S/C10H13ClO2S/c1-3-4-5-8-7(11)6-9(14-8)10(12)13-2/h6H,3-5H2,1-2H3. The number of ether oxygens (including phenoxy) is 1. The molecule has 0 fully saturated rings. The molecule has 0 atom stereocenters.